The lowest BCUT2D eigenvalue weighted by atomic mass is 9.67. The first-order valence-electron chi connectivity index (χ1n) is 24.1. The lowest BCUT2D eigenvalue weighted by Gasteiger charge is -2.41. The molecule has 3 aromatic rings. The average Bonchev–Trinajstić information content (AvgIpc) is 3.31. The molecule has 2 atom stereocenters. The zero-order valence-corrected chi connectivity index (χ0v) is 43.4. The Morgan fingerprint density at radius 2 is 1.51 bits per heavy atom. The van der Waals surface area contributed by atoms with Gasteiger partial charge in [0, 0.05) is 93.3 Å². The summed E-state index contributed by atoms with van der Waals surface area (Å²) in [5, 5.41) is 3.01. The third-order valence-corrected chi connectivity index (χ3v) is 18.0. The van der Waals surface area contributed by atoms with Crippen molar-refractivity contribution in [1.82, 2.24) is 14.5 Å². The molecule has 19 heteroatoms. The smallest absolute Gasteiger partial charge is 0.380 e. The first-order valence-corrected chi connectivity index (χ1v) is 28.0. The van der Waals surface area contributed by atoms with Crippen molar-refractivity contribution in [2.75, 3.05) is 75.4 Å². The van der Waals surface area contributed by atoms with E-state index in [0.717, 1.165) is 87.5 Å². The van der Waals surface area contributed by atoms with Crippen LogP contribution in [0, 0.1) is 11.3 Å². The Labute approximate surface area is 415 Å². The van der Waals surface area contributed by atoms with Gasteiger partial charge < -0.3 is 19.9 Å². The predicted molar refractivity (Wildman–Crippen MR) is 268 cm³/mol. The van der Waals surface area contributed by atoms with Gasteiger partial charge in [0.1, 0.15) is 4.90 Å². The standard InChI is InChI=1S/C49H62F5N5O6S3.C2H6/c1-47(2)18-16-35(42(31-47)36-28-37(29-36)45(50)51)32-58-24-26-59(27-25-58)39-12-10-34(11-13-39)46(60)56-68(63,64)41-14-15-43(44(30-41)67(61,62)49(52,53)54)55-38(33-66-40-8-6-5-7-9-40)17-21-57-22-19-48(3,65-4)20-23-57;1-2/h5-15,28,30,36,38,45,55H,16-27,29,31-33H2,1-4H3,(H,56,60);1-2H3. The number of nitrogens with zero attached hydrogens (tertiary/aromatic N) is 3. The minimum absolute atomic E-state index is 0.0311. The molecule has 0 spiro atoms. The van der Waals surface area contributed by atoms with Crippen LogP contribution in [-0.4, -0.2) is 121 Å². The third-order valence-electron chi connectivity index (χ3n) is 13.9. The second-order valence-corrected chi connectivity index (χ2v) is 24.1. The Kier molecular flexibility index (Phi) is 18.4. The number of carbonyl (C=O) groups is 1. The summed E-state index contributed by atoms with van der Waals surface area (Å²) < 4.78 is 130. The van der Waals surface area contributed by atoms with Crippen LogP contribution < -0.4 is 14.9 Å². The molecule has 2 aliphatic heterocycles. The number of anilines is 2. The van der Waals surface area contributed by atoms with Gasteiger partial charge in [-0.15, -0.1) is 11.8 Å². The third kappa shape index (κ3) is 13.9. The number of alkyl halides is 5. The number of ether oxygens (including phenoxy) is 1. The minimum Gasteiger partial charge on any atom is -0.380 e. The fourth-order valence-corrected chi connectivity index (χ4v) is 12.4. The molecule has 2 heterocycles. The van der Waals surface area contributed by atoms with E-state index in [1.54, 1.807) is 25.3 Å². The van der Waals surface area contributed by atoms with E-state index in [0.29, 0.717) is 44.3 Å². The molecule has 4 aliphatic rings. The van der Waals surface area contributed by atoms with Crippen LogP contribution in [0.15, 0.2) is 110 Å². The molecule has 1 amide bonds. The molecule has 2 saturated heterocycles. The van der Waals surface area contributed by atoms with Crippen molar-refractivity contribution in [2.24, 2.45) is 11.3 Å². The largest absolute Gasteiger partial charge is 0.501 e. The van der Waals surface area contributed by atoms with E-state index in [4.69, 9.17) is 4.74 Å². The van der Waals surface area contributed by atoms with Crippen molar-refractivity contribution in [3.8, 4) is 0 Å². The maximum Gasteiger partial charge on any atom is 0.501 e. The molecular formula is C51H68F5N5O6S3. The van der Waals surface area contributed by atoms with Gasteiger partial charge >= 0.3 is 5.51 Å². The van der Waals surface area contributed by atoms with Crippen LogP contribution in [-0.2, 0) is 24.6 Å². The fourth-order valence-electron chi connectivity index (χ4n) is 9.37. The second kappa shape index (κ2) is 23.2. The number of sulfone groups is 1. The van der Waals surface area contributed by atoms with Crippen LogP contribution >= 0.6 is 11.8 Å². The Balaban J connectivity index is 0.00000397. The van der Waals surface area contributed by atoms with Crippen LogP contribution in [0.5, 0.6) is 0 Å². The van der Waals surface area contributed by atoms with Gasteiger partial charge in [0.15, 0.2) is 0 Å². The quantitative estimate of drug-likeness (QED) is 0.0718. The molecule has 70 heavy (non-hydrogen) atoms. The number of halogens is 5. The maximum absolute atomic E-state index is 14.3. The highest BCUT2D eigenvalue weighted by Gasteiger charge is 2.48. The van der Waals surface area contributed by atoms with Gasteiger partial charge in [-0.1, -0.05) is 63.1 Å². The Morgan fingerprint density at radius 3 is 2.11 bits per heavy atom. The molecular weight excluding hydrogens is 970 g/mol. The molecule has 386 valence electrons. The zero-order valence-electron chi connectivity index (χ0n) is 41.0. The molecule has 2 aliphatic carbocycles. The molecule has 2 fully saturated rings. The van der Waals surface area contributed by atoms with Crippen LogP contribution in [0.1, 0.15) is 89.9 Å². The summed E-state index contributed by atoms with van der Waals surface area (Å²) in [5.74, 6) is -0.614. The number of piperazine rings is 1. The zero-order chi connectivity index (χ0) is 51.1. The van der Waals surface area contributed by atoms with Crippen molar-refractivity contribution >= 4 is 48.9 Å². The number of hydrogen-bond acceptors (Lipinski definition) is 11. The SMILES string of the molecule is CC.COC1(C)CCN(CCC(CSc2ccccc2)Nc2ccc(S(=O)(=O)NC(=O)c3ccc(N4CCN(CC5=C(C6C=C(C(F)F)C6)CC(C)(C)CC5)CC4)cc3)cc2S(=O)(=O)C(F)(F)F)CC1. The van der Waals surface area contributed by atoms with Crippen LogP contribution in [0.25, 0.3) is 0 Å². The summed E-state index contributed by atoms with van der Waals surface area (Å²) in [7, 11) is -9.27. The van der Waals surface area contributed by atoms with Crippen molar-refractivity contribution in [1.29, 1.82) is 0 Å². The molecule has 3 aromatic carbocycles. The molecule has 0 aromatic heterocycles. The second-order valence-electron chi connectivity index (χ2n) is 19.4. The van der Waals surface area contributed by atoms with Gasteiger partial charge in [-0.2, -0.15) is 13.2 Å². The highest BCUT2D eigenvalue weighted by molar-refractivity contribution is 7.99. The van der Waals surface area contributed by atoms with E-state index in [-0.39, 0.29) is 28.1 Å². The van der Waals surface area contributed by atoms with Gasteiger partial charge in [0.05, 0.1) is 16.2 Å². The number of likely N-dealkylation sites (tertiary alicyclic amines) is 1. The van der Waals surface area contributed by atoms with Crippen LogP contribution in [0.4, 0.5) is 33.3 Å². The number of sulfonamides is 1. The van der Waals surface area contributed by atoms with E-state index in [9.17, 15) is 43.6 Å². The number of rotatable bonds is 18. The summed E-state index contributed by atoms with van der Waals surface area (Å²) in [4.78, 5) is 18.9. The summed E-state index contributed by atoms with van der Waals surface area (Å²) in [5.41, 5.74) is -2.64. The molecule has 0 radical (unpaired) electrons. The van der Waals surface area contributed by atoms with Gasteiger partial charge in [0.2, 0.25) is 0 Å². The summed E-state index contributed by atoms with van der Waals surface area (Å²) >= 11 is 1.45. The molecule has 2 N–H and O–H groups in total. The Morgan fingerprint density at radius 1 is 0.871 bits per heavy atom. The lowest BCUT2D eigenvalue weighted by molar-refractivity contribution is -0.0437. The molecule has 2 unspecified atom stereocenters. The average molecular weight is 1040 g/mol. The number of methoxy groups -OCH3 is 1. The lowest BCUT2D eigenvalue weighted by Crippen LogP contribution is -2.47. The number of piperidine rings is 1. The maximum atomic E-state index is 14.3. The van der Waals surface area contributed by atoms with E-state index in [1.807, 2.05) is 55.8 Å². The van der Waals surface area contributed by atoms with Crippen molar-refractivity contribution < 1.29 is 48.3 Å². The Bertz CT molecular complexity index is 2540. The van der Waals surface area contributed by atoms with E-state index >= 15 is 0 Å². The highest BCUT2D eigenvalue weighted by Crippen LogP contribution is 2.47. The normalized spacial score (nSPS) is 20.5. The number of thioether (sulfide) groups is 1. The number of nitrogens with one attached hydrogen (secondary N) is 2. The van der Waals surface area contributed by atoms with Crippen molar-refractivity contribution in [2.45, 2.75) is 118 Å². The number of allylic oxidation sites excluding steroid dienone is 3. The van der Waals surface area contributed by atoms with Gasteiger partial charge in [-0.05, 0) is 117 Å². The first kappa shape index (κ1) is 55.3. The molecule has 7 rings (SSSR count). The van der Waals surface area contributed by atoms with Gasteiger partial charge in [-0.25, -0.2) is 30.3 Å². The number of benzene rings is 3. The van der Waals surface area contributed by atoms with Crippen molar-refractivity contribution in [3.05, 3.63) is 101 Å². The number of hydrogen-bond donors (Lipinski definition) is 2. The molecule has 0 saturated carbocycles. The van der Waals surface area contributed by atoms with Crippen molar-refractivity contribution in [3.63, 3.8) is 0 Å². The Hall–Kier alpha value is -4.01. The van der Waals surface area contributed by atoms with Crippen LogP contribution in [0.2, 0.25) is 0 Å². The van der Waals surface area contributed by atoms with E-state index in [2.05, 4.69) is 33.9 Å². The van der Waals surface area contributed by atoms with E-state index < -0.39 is 59.2 Å². The number of amides is 1. The monoisotopic (exact) mass is 1040 g/mol. The molecule has 0 bridgehead atoms. The minimum atomic E-state index is -6.08. The highest BCUT2D eigenvalue weighted by atomic mass is 32.2. The van der Waals surface area contributed by atoms with Gasteiger partial charge in [-0.3, -0.25) is 9.69 Å². The van der Waals surface area contributed by atoms with Gasteiger partial charge in [0.25, 0.3) is 32.2 Å². The topological polar surface area (TPSA) is 128 Å². The fraction of sp³-hybridized carbons (Fsp3) is 0.549. The summed E-state index contributed by atoms with van der Waals surface area (Å²) in [6, 6.07) is 17.5. The van der Waals surface area contributed by atoms with Crippen LogP contribution in [0.3, 0.4) is 0 Å². The van der Waals surface area contributed by atoms with E-state index in [1.165, 1.54) is 35.0 Å². The number of carbonyl (C=O) groups excluding carboxylic acids is 1. The summed E-state index contributed by atoms with van der Waals surface area (Å²) in [6.45, 7) is 16.2. The molecule has 11 nitrogen and oxygen atoms in total. The summed E-state index contributed by atoms with van der Waals surface area (Å²) in [6.07, 6.45) is 4.67. The predicted octanol–water partition coefficient (Wildman–Crippen LogP) is 10.4. The first-order chi connectivity index (χ1) is 33.0.